The summed E-state index contributed by atoms with van der Waals surface area (Å²) in [6, 6.07) is 5.75. The van der Waals surface area contributed by atoms with Gasteiger partial charge in [-0.05, 0) is 44.9 Å². The number of anilines is 1. The van der Waals surface area contributed by atoms with E-state index >= 15 is 0 Å². The van der Waals surface area contributed by atoms with E-state index in [0.717, 1.165) is 11.1 Å². The number of aryl methyl sites for hydroxylation is 1. The van der Waals surface area contributed by atoms with Crippen LogP contribution in [-0.2, 0) is 11.3 Å². The van der Waals surface area contributed by atoms with E-state index in [-0.39, 0.29) is 0 Å². The molecule has 0 unspecified atom stereocenters. The van der Waals surface area contributed by atoms with Gasteiger partial charge < -0.3 is 15.8 Å². The molecule has 94 valence electrons. The molecule has 0 atom stereocenters. The summed E-state index contributed by atoms with van der Waals surface area (Å²) in [4.78, 5) is 11.4. The lowest BCUT2D eigenvalue weighted by molar-refractivity contribution is 0.0523. The maximum Gasteiger partial charge on any atom is 0.407 e. The smallest absolute Gasteiger partial charge is 0.407 e. The first-order chi connectivity index (χ1) is 7.78. The Bertz CT molecular complexity index is 408. The molecule has 0 aliphatic carbocycles. The topological polar surface area (TPSA) is 64.3 Å². The molecular formula is C13H20N2O2. The van der Waals surface area contributed by atoms with Crippen molar-refractivity contribution in [2.75, 3.05) is 5.73 Å². The molecule has 1 amide bonds. The molecule has 0 bridgehead atoms. The summed E-state index contributed by atoms with van der Waals surface area (Å²) in [6.45, 7) is 7.83. The van der Waals surface area contributed by atoms with Gasteiger partial charge in [0.15, 0.2) is 0 Å². The third kappa shape index (κ3) is 4.76. The fourth-order valence-electron chi connectivity index (χ4n) is 1.36. The summed E-state index contributed by atoms with van der Waals surface area (Å²) >= 11 is 0. The zero-order valence-electron chi connectivity index (χ0n) is 10.8. The van der Waals surface area contributed by atoms with E-state index in [1.165, 1.54) is 0 Å². The molecular weight excluding hydrogens is 216 g/mol. The lowest BCUT2D eigenvalue weighted by Gasteiger charge is -2.19. The molecule has 0 aliphatic heterocycles. The average molecular weight is 236 g/mol. The van der Waals surface area contributed by atoms with Crippen molar-refractivity contribution in [3.63, 3.8) is 0 Å². The number of ether oxygens (including phenoxy) is 1. The van der Waals surface area contributed by atoms with Crippen LogP contribution in [0.15, 0.2) is 18.2 Å². The number of hydrogen-bond donors (Lipinski definition) is 2. The summed E-state index contributed by atoms with van der Waals surface area (Å²) in [5.41, 5.74) is 8.03. The van der Waals surface area contributed by atoms with Crippen LogP contribution in [0.5, 0.6) is 0 Å². The van der Waals surface area contributed by atoms with Gasteiger partial charge in [-0.15, -0.1) is 0 Å². The molecule has 4 heteroatoms. The van der Waals surface area contributed by atoms with Gasteiger partial charge in [-0.2, -0.15) is 0 Å². The number of carbonyl (C=O) groups excluding carboxylic acids is 1. The van der Waals surface area contributed by atoms with Crippen molar-refractivity contribution in [2.45, 2.75) is 39.8 Å². The van der Waals surface area contributed by atoms with Gasteiger partial charge in [-0.25, -0.2) is 4.79 Å². The Morgan fingerprint density at radius 2 is 2.06 bits per heavy atom. The summed E-state index contributed by atoms with van der Waals surface area (Å²) in [5, 5.41) is 2.67. The minimum absolute atomic E-state index is 0.376. The fourth-order valence-corrected chi connectivity index (χ4v) is 1.36. The highest BCUT2D eigenvalue weighted by Crippen LogP contribution is 2.13. The van der Waals surface area contributed by atoms with Crippen molar-refractivity contribution < 1.29 is 9.53 Å². The van der Waals surface area contributed by atoms with Crippen LogP contribution >= 0.6 is 0 Å². The average Bonchev–Trinajstić information content (AvgIpc) is 2.13. The monoisotopic (exact) mass is 236 g/mol. The maximum absolute atomic E-state index is 11.4. The molecule has 0 aromatic heterocycles. The first kappa shape index (κ1) is 13.4. The predicted molar refractivity (Wildman–Crippen MR) is 68.7 cm³/mol. The van der Waals surface area contributed by atoms with E-state index in [0.29, 0.717) is 12.2 Å². The fraction of sp³-hybridized carbons (Fsp3) is 0.462. The first-order valence-corrected chi connectivity index (χ1v) is 5.60. The molecule has 0 saturated heterocycles. The molecule has 4 nitrogen and oxygen atoms in total. The molecule has 1 rings (SSSR count). The van der Waals surface area contributed by atoms with Gasteiger partial charge >= 0.3 is 6.09 Å². The lowest BCUT2D eigenvalue weighted by atomic mass is 10.1. The van der Waals surface area contributed by atoms with Crippen LogP contribution in [0, 0.1) is 6.92 Å². The van der Waals surface area contributed by atoms with Crippen molar-refractivity contribution in [1.82, 2.24) is 5.32 Å². The zero-order chi connectivity index (χ0) is 13.1. The van der Waals surface area contributed by atoms with Crippen LogP contribution in [-0.4, -0.2) is 11.7 Å². The molecule has 0 heterocycles. The summed E-state index contributed by atoms with van der Waals surface area (Å²) < 4.78 is 5.13. The Morgan fingerprint density at radius 3 is 2.59 bits per heavy atom. The van der Waals surface area contributed by atoms with Gasteiger partial charge in [0.2, 0.25) is 0 Å². The highest BCUT2D eigenvalue weighted by Gasteiger charge is 2.15. The number of nitrogens with two attached hydrogens (primary N) is 1. The SMILES string of the molecule is Cc1ccc(CNC(=O)OC(C)(C)C)c(N)c1. The highest BCUT2D eigenvalue weighted by molar-refractivity contribution is 5.68. The minimum Gasteiger partial charge on any atom is -0.444 e. The molecule has 17 heavy (non-hydrogen) atoms. The second-order valence-electron chi connectivity index (χ2n) is 5.06. The number of carbonyl (C=O) groups is 1. The highest BCUT2D eigenvalue weighted by atomic mass is 16.6. The summed E-state index contributed by atoms with van der Waals surface area (Å²) in [7, 11) is 0. The van der Waals surface area contributed by atoms with Crippen LogP contribution in [0.1, 0.15) is 31.9 Å². The summed E-state index contributed by atoms with van der Waals surface area (Å²) in [5.74, 6) is 0. The van der Waals surface area contributed by atoms with E-state index in [9.17, 15) is 4.79 Å². The van der Waals surface area contributed by atoms with E-state index in [1.54, 1.807) is 0 Å². The molecule has 1 aromatic carbocycles. The van der Waals surface area contributed by atoms with E-state index in [4.69, 9.17) is 10.5 Å². The van der Waals surface area contributed by atoms with Gasteiger partial charge in [0.25, 0.3) is 0 Å². The third-order valence-electron chi connectivity index (χ3n) is 2.12. The molecule has 0 fully saturated rings. The zero-order valence-corrected chi connectivity index (χ0v) is 10.8. The van der Waals surface area contributed by atoms with Crippen molar-refractivity contribution in [2.24, 2.45) is 0 Å². The normalized spacial score (nSPS) is 11.1. The van der Waals surface area contributed by atoms with Crippen molar-refractivity contribution in [3.05, 3.63) is 29.3 Å². The number of rotatable bonds is 2. The van der Waals surface area contributed by atoms with Crippen LogP contribution < -0.4 is 11.1 Å². The largest absolute Gasteiger partial charge is 0.444 e. The maximum atomic E-state index is 11.4. The Hall–Kier alpha value is -1.71. The second kappa shape index (κ2) is 5.08. The number of amides is 1. The number of alkyl carbamates (subject to hydrolysis) is 1. The van der Waals surface area contributed by atoms with Crippen LogP contribution in [0.4, 0.5) is 10.5 Å². The summed E-state index contributed by atoms with van der Waals surface area (Å²) in [6.07, 6.45) is -0.433. The van der Waals surface area contributed by atoms with E-state index in [1.807, 2.05) is 45.9 Å². The van der Waals surface area contributed by atoms with Gasteiger partial charge in [0.05, 0.1) is 0 Å². The molecule has 3 N–H and O–H groups in total. The standard InChI is InChI=1S/C13H20N2O2/c1-9-5-6-10(11(14)7-9)8-15-12(16)17-13(2,3)4/h5-7H,8,14H2,1-4H3,(H,15,16). The van der Waals surface area contributed by atoms with Gasteiger partial charge in [0, 0.05) is 12.2 Å². The Labute approximate surface area is 102 Å². The van der Waals surface area contributed by atoms with Crippen LogP contribution in [0.25, 0.3) is 0 Å². The van der Waals surface area contributed by atoms with Crippen molar-refractivity contribution >= 4 is 11.8 Å². The second-order valence-corrected chi connectivity index (χ2v) is 5.06. The quantitative estimate of drug-likeness (QED) is 0.776. The minimum atomic E-state index is -0.483. The number of nitrogens with one attached hydrogen (secondary N) is 1. The lowest BCUT2D eigenvalue weighted by Crippen LogP contribution is -2.32. The third-order valence-corrected chi connectivity index (χ3v) is 2.12. The van der Waals surface area contributed by atoms with Gasteiger partial charge in [-0.3, -0.25) is 0 Å². The van der Waals surface area contributed by atoms with Crippen LogP contribution in [0.2, 0.25) is 0 Å². The number of benzene rings is 1. The first-order valence-electron chi connectivity index (χ1n) is 5.60. The Balaban J connectivity index is 2.53. The number of hydrogen-bond acceptors (Lipinski definition) is 3. The molecule has 0 saturated carbocycles. The van der Waals surface area contributed by atoms with E-state index < -0.39 is 11.7 Å². The Kier molecular flexibility index (Phi) is 3.99. The predicted octanol–water partition coefficient (Wildman–Crippen LogP) is 2.60. The molecule has 0 radical (unpaired) electrons. The molecule has 1 aromatic rings. The number of nitrogen functional groups attached to an aromatic ring is 1. The van der Waals surface area contributed by atoms with Crippen molar-refractivity contribution in [3.8, 4) is 0 Å². The van der Waals surface area contributed by atoms with Gasteiger partial charge in [-0.1, -0.05) is 12.1 Å². The Morgan fingerprint density at radius 1 is 1.41 bits per heavy atom. The van der Waals surface area contributed by atoms with E-state index in [2.05, 4.69) is 5.32 Å². The van der Waals surface area contributed by atoms with Crippen molar-refractivity contribution in [1.29, 1.82) is 0 Å². The molecule has 0 spiro atoms. The van der Waals surface area contributed by atoms with Crippen LogP contribution in [0.3, 0.4) is 0 Å². The molecule has 0 aliphatic rings. The van der Waals surface area contributed by atoms with Gasteiger partial charge in [0.1, 0.15) is 5.60 Å².